The second-order valence-corrected chi connectivity index (χ2v) is 10.1. The zero-order valence-electron chi connectivity index (χ0n) is 23.0. The van der Waals surface area contributed by atoms with Crippen LogP contribution in [0.2, 0.25) is 0 Å². The van der Waals surface area contributed by atoms with Gasteiger partial charge in [0.1, 0.15) is 18.0 Å². The third-order valence-corrected chi connectivity index (χ3v) is 6.61. The quantitative estimate of drug-likeness (QED) is 0.188. The Bertz CT molecular complexity index is 1330. The summed E-state index contributed by atoms with van der Waals surface area (Å²) in [6.45, 7) is -1.20. The van der Waals surface area contributed by atoms with E-state index in [-0.39, 0.29) is 23.7 Å². The number of aliphatic carboxylic acids is 1. The van der Waals surface area contributed by atoms with Crippen LogP contribution in [-0.4, -0.2) is 62.9 Å². The van der Waals surface area contributed by atoms with E-state index in [4.69, 9.17) is 15.6 Å². The summed E-state index contributed by atoms with van der Waals surface area (Å²) in [6.07, 6.45) is 1.68. The second kappa shape index (κ2) is 14.9. The maximum absolute atomic E-state index is 12.6. The minimum atomic E-state index is -5.08. The average Bonchev–Trinajstić information content (AvgIpc) is 3.71. The van der Waals surface area contributed by atoms with Crippen molar-refractivity contribution in [3.8, 4) is 0 Å². The number of benzene rings is 1. The molecule has 0 radical (unpaired) electrons. The molecule has 0 unspecified atom stereocenters. The van der Waals surface area contributed by atoms with Gasteiger partial charge >= 0.3 is 18.3 Å². The van der Waals surface area contributed by atoms with E-state index in [2.05, 4.69) is 30.9 Å². The Labute approximate surface area is 242 Å². The van der Waals surface area contributed by atoms with E-state index in [0.29, 0.717) is 28.3 Å². The molecule has 43 heavy (non-hydrogen) atoms. The standard InChI is InChI=1S/C20H21F3N6O.C5H11N.C2HF3O2/c21-20(22,23)11-25-17-15-9-10-24-16(15)28-19(29-17)27-14-7-5-12(6-8-14)18(30)26-13-3-1-2-4-13;6-5-3-1-2-4-5;3-2(4,5)1(6)7/h5-10,13H,1-4,11H2,(H,26,30)(H3,24,25,27,28,29);5H,1-4,6H2;(H,6,7). The van der Waals surface area contributed by atoms with Gasteiger partial charge in [0.25, 0.3) is 5.91 Å². The monoisotopic (exact) mass is 617 g/mol. The molecule has 5 rings (SSSR count). The smallest absolute Gasteiger partial charge is 0.475 e. The van der Waals surface area contributed by atoms with Gasteiger partial charge in [-0.25, -0.2) is 4.79 Å². The zero-order chi connectivity index (χ0) is 31.6. The number of carboxylic acids is 1. The predicted octanol–water partition coefficient (Wildman–Crippen LogP) is 5.87. The molecule has 16 heteroatoms. The van der Waals surface area contributed by atoms with E-state index < -0.39 is 24.9 Å². The van der Waals surface area contributed by atoms with Gasteiger partial charge in [-0.15, -0.1) is 0 Å². The fourth-order valence-electron chi connectivity index (χ4n) is 4.45. The highest BCUT2D eigenvalue weighted by molar-refractivity contribution is 5.95. The van der Waals surface area contributed by atoms with Gasteiger partial charge in [0.15, 0.2) is 0 Å². The van der Waals surface area contributed by atoms with Gasteiger partial charge in [0, 0.05) is 29.5 Å². The molecule has 3 aromatic rings. The van der Waals surface area contributed by atoms with Crippen LogP contribution in [0.3, 0.4) is 0 Å². The number of aromatic amines is 1. The maximum atomic E-state index is 12.6. The number of hydrogen-bond acceptors (Lipinski definition) is 7. The number of nitrogens with zero attached hydrogens (tertiary/aromatic N) is 2. The van der Waals surface area contributed by atoms with E-state index in [9.17, 15) is 31.1 Å². The molecule has 10 nitrogen and oxygen atoms in total. The lowest BCUT2D eigenvalue weighted by atomic mass is 10.1. The third kappa shape index (κ3) is 11.3. The molecule has 0 spiro atoms. The lowest BCUT2D eigenvalue weighted by Gasteiger charge is -2.13. The molecule has 0 atom stereocenters. The molecule has 1 amide bonds. The molecular weight excluding hydrogens is 584 g/mol. The summed E-state index contributed by atoms with van der Waals surface area (Å²) in [5, 5.41) is 15.9. The second-order valence-electron chi connectivity index (χ2n) is 10.1. The van der Waals surface area contributed by atoms with Crippen LogP contribution in [0.25, 0.3) is 11.0 Å². The van der Waals surface area contributed by atoms with Crippen molar-refractivity contribution < 1.29 is 41.0 Å². The van der Waals surface area contributed by atoms with Crippen LogP contribution >= 0.6 is 0 Å². The number of fused-ring (bicyclic) bond motifs is 1. The van der Waals surface area contributed by atoms with Crippen molar-refractivity contribution in [1.82, 2.24) is 20.3 Å². The highest BCUT2D eigenvalue weighted by Gasteiger charge is 2.38. The van der Waals surface area contributed by atoms with Crippen LogP contribution in [0, 0.1) is 0 Å². The Hall–Kier alpha value is -4.08. The van der Waals surface area contributed by atoms with Gasteiger partial charge < -0.3 is 31.8 Å². The number of rotatable bonds is 6. The van der Waals surface area contributed by atoms with Gasteiger partial charge in [-0.05, 0) is 56.0 Å². The van der Waals surface area contributed by atoms with Crippen LogP contribution in [0.15, 0.2) is 36.5 Å². The SMILES string of the molecule is NC1CCCC1.O=C(NC1CCCC1)c1ccc(Nc2nc(NCC(F)(F)F)c3cc[nH]c3n2)cc1.O=C(O)C(F)(F)F. The molecule has 236 valence electrons. The van der Waals surface area contributed by atoms with Crippen LogP contribution < -0.4 is 21.7 Å². The van der Waals surface area contributed by atoms with Crippen molar-refractivity contribution in [3.63, 3.8) is 0 Å². The first-order chi connectivity index (χ1) is 20.2. The van der Waals surface area contributed by atoms with Crippen molar-refractivity contribution in [1.29, 1.82) is 0 Å². The van der Waals surface area contributed by atoms with Gasteiger partial charge in [-0.3, -0.25) is 4.79 Å². The van der Waals surface area contributed by atoms with Gasteiger partial charge in [0.05, 0.1) is 5.39 Å². The molecule has 0 bridgehead atoms. The Kier molecular flexibility index (Phi) is 11.6. The molecular formula is C27H33F6N7O3. The topological polar surface area (TPSA) is 158 Å². The number of halogens is 6. The first kappa shape index (κ1) is 33.4. The Morgan fingerprint density at radius 3 is 2.02 bits per heavy atom. The molecule has 1 aromatic carbocycles. The molecule has 2 aromatic heterocycles. The molecule has 2 aliphatic rings. The summed E-state index contributed by atoms with van der Waals surface area (Å²) in [6, 6.07) is 9.16. The number of aromatic nitrogens is 3. The number of carbonyl (C=O) groups is 2. The summed E-state index contributed by atoms with van der Waals surface area (Å²) >= 11 is 0. The molecule has 0 saturated heterocycles. The first-order valence-corrected chi connectivity index (χ1v) is 13.6. The number of hydrogen-bond donors (Lipinski definition) is 6. The number of H-pyrrole nitrogens is 1. The van der Waals surface area contributed by atoms with E-state index in [0.717, 1.165) is 25.7 Å². The number of nitrogens with one attached hydrogen (secondary N) is 4. The fourth-order valence-corrected chi connectivity index (χ4v) is 4.45. The highest BCUT2D eigenvalue weighted by Crippen LogP contribution is 2.25. The minimum absolute atomic E-state index is 0.0774. The Morgan fingerprint density at radius 1 is 0.930 bits per heavy atom. The summed E-state index contributed by atoms with van der Waals surface area (Å²) in [5.41, 5.74) is 7.10. The molecule has 2 aliphatic carbocycles. The van der Waals surface area contributed by atoms with Gasteiger partial charge in [-0.1, -0.05) is 25.7 Å². The van der Waals surface area contributed by atoms with Crippen molar-refractivity contribution in [3.05, 3.63) is 42.1 Å². The normalized spacial score (nSPS) is 15.7. The first-order valence-electron chi connectivity index (χ1n) is 13.6. The largest absolute Gasteiger partial charge is 0.490 e. The number of nitrogens with two attached hydrogens (primary N) is 1. The Balaban J connectivity index is 0.000000323. The summed E-state index contributed by atoms with van der Waals surface area (Å²) in [4.78, 5) is 32.5. The number of amides is 1. The zero-order valence-corrected chi connectivity index (χ0v) is 23.0. The minimum Gasteiger partial charge on any atom is -0.475 e. The lowest BCUT2D eigenvalue weighted by Crippen LogP contribution is -2.32. The maximum Gasteiger partial charge on any atom is 0.490 e. The van der Waals surface area contributed by atoms with Crippen LogP contribution in [0.1, 0.15) is 61.7 Å². The van der Waals surface area contributed by atoms with Crippen LogP contribution in [0.5, 0.6) is 0 Å². The number of carbonyl (C=O) groups excluding carboxylic acids is 1. The fraction of sp³-hybridized carbons (Fsp3) is 0.481. The Morgan fingerprint density at radius 2 is 1.51 bits per heavy atom. The van der Waals surface area contributed by atoms with Gasteiger partial charge in [0.2, 0.25) is 5.95 Å². The summed E-state index contributed by atoms with van der Waals surface area (Å²) < 4.78 is 69.5. The highest BCUT2D eigenvalue weighted by atomic mass is 19.4. The van der Waals surface area contributed by atoms with Gasteiger partial charge in [-0.2, -0.15) is 36.3 Å². The van der Waals surface area contributed by atoms with E-state index in [1.54, 1.807) is 36.5 Å². The number of carboxylic acid groups (broad SMARTS) is 1. The molecule has 2 heterocycles. The van der Waals surface area contributed by atoms with Crippen molar-refractivity contribution in [2.45, 2.75) is 75.8 Å². The van der Waals surface area contributed by atoms with Crippen molar-refractivity contribution >= 4 is 40.4 Å². The van der Waals surface area contributed by atoms with E-state index >= 15 is 0 Å². The number of alkyl halides is 6. The average molecular weight is 618 g/mol. The third-order valence-electron chi connectivity index (χ3n) is 6.61. The molecule has 7 N–H and O–H groups in total. The van der Waals surface area contributed by atoms with Crippen molar-refractivity contribution in [2.24, 2.45) is 5.73 Å². The summed E-state index contributed by atoms with van der Waals surface area (Å²) in [5.74, 6) is -2.66. The molecule has 2 fully saturated rings. The van der Waals surface area contributed by atoms with Crippen molar-refractivity contribution in [2.75, 3.05) is 17.2 Å². The lowest BCUT2D eigenvalue weighted by molar-refractivity contribution is -0.192. The van der Waals surface area contributed by atoms with E-state index in [1.807, 2.05) is 0 Å². The number of anilines is 3. The van der Waals surface area contributed by atoms with Crippen LogP contribution in [0.4, 0.5) is 43.8 Å². The van der Waals surface area contributed by atoms with E-state index in [1.165, 1.54) is 25.7 Å². The predicted molar refractivity (Wildman–Crippen MR) is 148 cm³/mol. The molecule has 2 saturated carbocycles. The molecule has 0 aliphatic heterocycles. The van der Waals surface area contributed by atoms with Crippen LogP contribution in [-0.2, 0) is 4.79 Å². The summed E-state index contributed by atoms with van der Waals surface area (Å²) in [7, 11) is 0.